The number of rotatable bonds is 7. The van der Waals surface area contributed by atoms with Crippen molar-refractivity contribution in [2.75, 3.05) is 49.7 Å². The minimum atomic E-state index is 0.104. The summed E-state index contributed by atoms with van der Waals surface area (Å²) in [6.07, 6.45) is 0. The van der Waals surface area contributed by atoms with Crippen molar-refractivity contribution in [2.24, 2.45) is 0 Å². The molecule has 1 heterocycles. The summed E-state index contributed by atoms with van der Waals surface area (Å²) in [4.78, 5) is 16.5. The first-order chi connectivity index (χ1) is 12.4. The lowest BCUT2D eigenvalue weighted by Crippen LogP contribution is -2.49. The highest BCUT2D eigenvalue weighted by Crippen LogP contribution is 2.28. The number of allylic oxidation sites excluding steroid dienone is 1. The zero-order chi connectivity index (χ0) is 19.1. The van der Waals surface area contributed by atoms with Gasteiger partial charge in [0, 0.05) is 43.2 Å². The molecule has 7 heteroatoms. The first kappa shape index (κ1) is 20.2. The van der Waals surface area contributed by atoms with Gasteiger partial charge in [0.2, 0.25) is 5.91 Å². The third-order valence-electron chi connectivity index (χ3n) is 4.42. The lowest BCUT2D eigenvalue weighted by Gasteiger charge is -2.36. The Bertz CT molecular complexity index is 678. The second-order valence-corrected chi connectivity index (χ2v) is 7.21. The van der Waals surface area contributed by atoms with Gasteiger partial charge in [0.1, 0.15) is 5.75 Å². The van der Waals surface area contributed by atoms with Crippen LogP contribution >= 0.6 is 11.8 Å². The van der Waals surface area contributed by atoms with E-state index in [9.17, 15) is 9.90 Å². The SMILES string of the molecule is COc1ccccc1N1CCN(C(=O)CSC/C(C(C)=N)=C(\C)O)CC1. The van der Waals surface area contributed by atoms with E-state index in [4.69, 9.17) is 10.1 Å². The number of piperazine rings is 1. The molecule has 1 aromatic carbocycles. The van der Waals surface area contributed by atoms with Gasteiger partial charge in [0.15, 0.2) is 0 Å². The van der Waals surface area contributed by atoms with Gasteiger partial charge >= 0.3 is 0 Å². The highest BCUT2D eigenvalue weighted by molar-refractivity contribution is 8.00. The first-order valence-corrected chi connectivity index (χ1v) is 9.77. The third kappa shape index (κ3) is 5.17. The Hall–Kier alpha value is -2.15. The van der Waals surface area contributed by atoms with Gasteiger partial charge in [-0.1, -0.05) is 12.1 Å². The number of nitrogens with zero attached hydrogens (tertiary/aromatic N) is 2. The number of hydrogen-bond donors (Lipinski definition) is 2. The van der Waals surface area contributed by atoms with Gasteiger partial charge in [-0.05, 0) is 26.0 Å². The number of carbonyl (C=O) groups is 1. The fraction of sp³-hybridized carbons (Fsp3) is 0.474. The predicted octanol–water partition coefficient (Wildman–Crippen LogP) is 2.95. The Labute approximate surface area is 159 Å². The summed E-state index contributed by atoms with van der Waals surface area (Å²) < 4.78 is 5.42. The monoisotopic (exact) mass is 377 g/mol. The van der Waals surface area contributed by atoms with E-state index in [-0.39, 0.29) is 11.7 Å². The molecule has 6 nitrogen and oxygen atoms in total. The molecule has 1 aliphatic heterocycles. The van der Waals surface area contributed by atoms with Gasteiger partial charge in [0.25, 0.3) is 0 Å². The maximum Gasteiger partial charge on any atom is 0.232 e. The lowest BCUT2D eigenvalue weighted by atomic mass is 10.2. The van der Waals surface area contributed by atoms with E-state index in [1.54, 1.807) is 21.0 Å². The molecule has 0 unspecified atom stereocenters. The highest BCUT2D eigenvalue weighted by atomic mass is 32.2. The maximum atomic E-state index is 12.4. The van der Waals surface area contributed by atoms with Crippen LogP contribution in [0.5, 0.6) is 5.75 Å². The Balaban J connectivity index is 1.83. The summed E-state index contributed by atoms with van der Waals surface area (Å²) in [5, 5.41) is 17.2. The van der Waals surface area contributed by atoms with Crippen LogP contribution in [0.3, 0.4) is 0 Å². The smallest absolute Gasteiger partial charge is 0.232 e. The van der Waals surface area contributed by atoms with E-state index in [2.05, 4.69) is 4.90 Å². The number of amides is 1. The molecule has 0 spiro atoms. The number of benzene rings is 1. The molecule has 1 saturated heterocycles. The zero-order valence-corrected chi connectivity index (χ0v) is 16.4. The van der Waals surface area contributed by atoms with Gasteiger partial charge in [-0.25, -0.2) is 0 Å². The van der Waals surface area contributed by atoms with Crippen molar-refractivity contribution in [3.05, 3.63) is 35.6 Å². The average Bonchev–Trinajstić information content (AvgIpc) is 2.64. The zero-order valence-electron chi connectivity index (χ0n) is 15.6. The van der Waals surface area contributed by atoms with E-state index in [1.807, 2.05) is 29.2 Å². The van der Waals surface area contributed by atoms with Crippen molar-refractivity contribution in [3.8, 4) is 5.75 Å². The van der Waals surface area contributed by atoms with Crippen molar-refractivity contribution >= 4 is 29.1 Å². The number of methoxy groups -OCH3 is 1. The van der Waals surface area contributed by atoms with Crippen LogP contribution in [-0.2, 0) is 4.79 Å². The summed E-state index contributed by atoms with van der Waals surface area (Å²) >= 11 is 1.44. The standard InChI is InChI=1S/C19H27N3O3S/c1-14(20)16(15(2)23)12-26-13-19(24)22-10-8-21(9-11-22)17-6-4-5-7-18(17)25-3/h4-7,20,23H,8-13H2,1-3H3/b16-15-,20-14?. The van der Waals surface area contributed by atoms with E-state index in [0.717, 1.165) is 24.5 Å². The number of ether oxygens (including phenoxy) is 1. The lowest BCUT2D eigenvalue weighted by molar-refractivity contribution is -0.128. The topological polar surface area (TPSA) is 76.9 Å². The molecule has 0 aliphatic carbocycles. The van der Waals surface area contributed by atoms with Gasteiger partial charge in [-0.2, -0.15) is 0 Å². The molecule has 0 aromatic heterocycles. The Morgan fingerprint density at radius 2 is 1.85 bits per heavy atom. The molecule has 1 fully saturated rings. The Morgan fingerprint density at radius 3 is 2.42 bits per heavy atom. The van der Waals surface area contributed by atoms with Crippen LogP contribution in [-0.4, -0.2) is 66.4 Å². The normalized spacial score (nSPS) is 15.5. The molecule has 0 atom stereocenters. The van der Waals surface area contributed by atoms with Crippen LogP contribution in [0.2, 0.25) is 0 Å². The second-order valence-electron chi connectivity index (χ2n) is 6.22. The first-order valence-electron chi connectivity index (χ1n) is 8.61. The molecule has 2 N–H and O–H groups in total. The molecule has 142 valence electrons. The number of aliphatic hydroxyl groups excluding tert-OH is 1. The van der Waals surface area contributed by atoms with Crippen molar-refractivity contribution in [1.29, 1.82) is 5.41 Å². The summed E-state index contributed by atoms with van der Waals surface area (Å²) in [7, 11) is 1.67. The van der Waals surface area contributed by atoms with Crippen molar-refractivity contribution < 1.29 is 14.6 Å². The summed E-state index contributed by atoms with van der Waals surface area (Å²) in [5.41, 5.74) is 2.00. The van der Waals surface area contributed by atoms with Crippen LogP contribution in [0.25, 0.3) is 0 Å². The largest absolute Gasteiger partial charge is 0.512 e. The number of para-hydroxylation sites is 2. The molecular weight excluding hydrogens is 350 g/mol. The number of thioether (sulfide) groups is 1. The quantitative estimate of drug-likeness (QED) is 0.564. The van der Waals surface area contributed by atoms with Crippen LogP contribution in [0.15, 0.2) is 35.6 Å². The van der Waals surface area contributed by atoms with Gasteiger partial charge in [-0.15, -0.1) is 11.8 Å². The molecule has 1 amide bonds. The molecule has 1 aromatic rings. The van der Waals surface area contributed by atoms with Crippen LogP contribution in [0.1, 0.15) is 13.8 Å². The number of hydrogen-bond acceptors (Lipinski definition) is 6. The third-order valence-corrected chi connectivity index (χ3v) is 5.36. The van der Waals surface area contributed by atoms with E-state index >= 15 is 0 Å². The van der Waals surface area contributed by atoms with Crippen LogP contribution in [0.4, 0.5) is 5.69 Å². The second kappa shape index (κ2) is 9.52. The molecular formula is C19H27N3O3S. The fourth-order valence-electron chi connectivity index (χ4n) is 2.90. The summed E-state index contributed by atoms with van der Waals surface area (Å²) in [6, 6.07) is 7.93. The van der Waals surface area contributed by atoms with Crippen LogP contribution in [0, 0.1) is 5.41 Å². The van der Waals surface area contributed by atoms with Crippen molar-refractivity contribution in [3.63, 3.8) is 0 Å². The van der Waals surface area contributed by atoms with Crippen molar-refractivity contribution in [2.45, 2.75) is 13.8 Å². The Morgan fingerprint density at radius 1 is 1.19 bits per heavy atom. The predicted molar refractivity (Wildman–Crippen MR) is 108 cm³/mol. The van der Waals surface area contributed by atoms with Crippen molar-refractivity contribution in [1.82, 2.24) is 4.90 Å². The molecule has 2 rings (SSSR count). The number of aliphatic hydroxyl groups is 1. The van der Waals surface area contributed by atoms with Gasteiger partial charge in [-0.3, -0.25) is 4.79 Å². The Kier molecular flexibility index (Phi) is 7.38. The minimum Gasteiger partial charge on any atom is -0.512 e. The number of nitrogens with one attached hydrogen (secondary N) is 1. The molecule has 0 bridgehead atoms. The summed E-state index contributed by atoms with van der Waals surface area (Å²) in [6.45, 7) is 6.14. The molecule has 0 radical (unpaired) electrons. The van der Waals surface area contributed by atoms with E-state index in [0.29, 0.717) is 35.9 Å². The van der Waals surface area contributed by atoms with E-state index in [1.165, 1.54) is 11.8 Å². The average molecular weight is 378 g/mol. The maximum absolute atomic E-state index is 12.4. The summed E-state index contributed by atoms with van der Waals surface area (Å²) in [5.74, 6) is 1.95. The van der Waals surface area contributed by atoms with Gasteiger partial charge < -0.3 is 25.1 Å². The molecule has 26 heavy (non-hydrogen) atoms. The van der Waals surface area contributed by atoms with E-state index < -0.39 is 0 Å². The number of anilines is 1. The molecule has 0 saturated carbocycles. The van der Waals surface area contributed by atoms with Gasteiger partial charge in [0.05, 0.1) is 24.3 Å². The fourth-order valence-corrected chi connectivity index (χ4v) is 3.99. The highest BCUT2D eigenvalue weighted by Gasteiger charge is 2.22. The minimum absolute atomic E-state index is 0.104. The number of carbonyl (C=O) groups excluding carboxylic acids is 1. The van der Waals surface area contributed by atoms with Crippen LogP contribution < -0.4 is 9.64 Å². The molecule has 1 aliphatic rings.